The Hall–Kier alpha value is -3.38. The first-order valence-electron chi connectivity index (χ1n) is 8.58. The fourth-order valence-electron chi connectivity index (χ4n) is 2.66. The fourth-order valence-corrected chi connectivity index (χ4v) is 2.85. The third-order valence-electron chi connectivity index (χ3n) is 3.95. The molecule has 4 rings (SSSR count). The highest BCUT2D eigenvalue weighted by Crippen LogP contribution is 2.22. The van der Waals surface area contributed by atoms with Crippen molar-refractivity contribution in [1.29, 1.82) is 0 Å². The van der Waals surface area contributed by atoms with E-state index >= 15 is 0 Å². The minimum Gasteiger partial charge on any atom is -0.457 e. The van der Waals surface area contributed by atoms with Crippen molar-refractivity contribution in [2.24, 2.45) is 0 Å². The first-order chi connectivity index (χ1) is 13.3. The molecule has 3 aromatic carbocycles. The van der Waals surface area contributed by atoms with E-state index in [1.165, 1.54) is 0 Å². The molecule has 0 atom stereocenters. The summed E-state index contributed by atoms with van der Waals surface area (Å²) in [4.78, 5) is 7.79. The molecule has 5 nitrogen and oxygen atoms in total. The van der Waals surface area contributed by atoms with Crippen LogP contribution in [0.15, 0.2) is 78.9 Å². The van der Waals surface area contributed by atoms with Gasteiger partial charge in [-0.2, -0.15) is 0 Å². The SMILES string of the molecule is S=C(NCc1nc2ccccc2[nH]1)Nc1ccc(Oc2ccccc2)cc1. The summed E-state index contributed by atoms with van der Waals surface area (Å²) < 4.78 is 5.78. The molecule has 0 bridgehead atoms. The highest BCUT2D eigenvalue weighted by atomic mass is 32.1. The molecule has 27 heavy (non-hydrogen) atoms. The second-order valence-electron chi connectivity index (χ2n) is 5.95. The largest absolute Gasteiger partial charge is 0.457 e. The molecule has 0 radical (unpaired) electrons. The van der Waals surface area contributed by atoms with E-state index in [0.717, 1.165) is 34.0 Å². The normalized spacial score (nSPS) is 10.5. The molecule has 134 valence electrons. The second kappa shape index (κ2) is 7.88. The van der Waals surface area contributed by atoms with Crippen LogP contribution in [0, 0.1) is 0 Å². The van der Waals surface area contributed by atoms with Gasteiger partial charge in [-0.3, -0.25) is 0 Å². The van der Waals surface area contributed by atoms with Gasteiger partial charge in [0, 0.05) is 5.69 Å². The Labute approximate surface area is 162 Å². The Kier molecular flexibility index (Phi) is 4.98. The highest BCUT2D eigenvalue weighted by molar-refractivity contribution is 7.80. The van der Waals surface area contributed by atoms with Gasteiger partial charge in [0.1, 0.15) is 17.3 Å². The number of para-hydroxylation sites is 3. The molecule has 0 saturated heterocycles. The second-order valence-corrected chi connectivity index (χ2v) is 6.36. The molecule has 6 heteroatoms. The van der Waals surface area contributed by atoms with Gasteiger partial charge in [-0.1, -0.05) is 30.3 Å². The van der Waals surface area contributed by atoms with E-state index in [1.54, 1.807) is 0 Å². The summed E-state index contributed by atoms with van der Waals surface area (Å²) in [5.41, 5.74) is 2.85. The Morgan fingerprint density at radius 3 is 2.37 bits per heavy atom. The number of rotatable bonds is 5. The van der Waals surface area contributed by atoms with Gasteiger partial charge < -0.3 is 20.4 Å². The van der Waals surface area contributed by atoms with Crippen LogP contribution in [-0.2, 0) is 6.54 Å². The maximum atomic E-state index is 5.78. The monoisotopic (exact) mass is 374 g/mol. The standard InChI is InChI=1S/C21H18N4OS/c27-21(22-14-20-24-18-8-4-5-9-19(18)25-20)23-15-10-12-17(13-11-15)26-16-6-2-1-3-7-16/h1-13H,14H2,(H,24,25)(H2,22,23,27). The molecule has 0 amide bonds. The molecule has 0 unspecified atom stereocenters. The van der Waals surface area contributed by atoms with Gasteiger partial charge in [-0.25, -0.2) is 4.98 Å². The van der Waals surface area contributed by atoms with Crippen LogP contribution in [0.3, 0.4) is 0 Å². The van der Waals surface area contributed by atoms with Gasteiger partial charge in [0.25, 0.3) is 0 Å². The highest BCUT2D eigenvalue weighted by Gasteiger charge is 2.04. The number of fused-ring (bicyclic) bond motifs is 1. The van der Waals surface area contributed by atoms with Crippen LogP contribution < -0.4 is 15.4 Å². The van der Waals surface area contributed by atoms with Gasteiger partial charge in [0.15, 0.2) is 5.11 Å². The van der Waals surface area contributed by atoms with Crippen LogP contribution in [0.5, 0.6) is 11.5 Å². The van der Waals surface area contributed by atoms with Crippen molar-refractivity contribution in [3.8, 4) is 11.5 Å². The van der Waals surface area contributed by atoms with Crippen molar-refractivity contribution in [1.82, 2.24) is 15.3 Å². The van der Waals surface area contributed by atoms with Gasteiger partial charge in [-0.05, 0) is 60.7 Å². The van der Waals surface area contributed by atoms with Gasteiger partial charge in [0.05, 0.1) is 17.6 Å². The number of hydrogen-bond donors (Lipinski definition) is 3. The first kappa shape index (κ1) is 17.1. The smallest absolute Gasteiger partial charge is 0.171 e. The number of benzene rings is 3. The number of nitrogens with one attached hydrogen (secondary N) is 3. The molecule has 0 aliphatic rings. The fraction of sp³-hybridized carbons (Fsp3) is 0.0476. The summed E-state index contributed by atoms with van der Waals surface area (Å²) in [7, 11) is 0. The average Bonchev–Trinajstić information content (AvgIpc) is 3.12. The van der Waals surface area contributed by atoms with Gasteiger partial charge in [0.2, 0.25) is 0 Å². The first-order valence-corrected chi connectivity index (χ1v) is 8.98. The van der Waals surface area contributed by atoms with Gasteiger partial charge >= 0.3 is 0 Å². The number of thiocarbonyl (C=S) groups is 1. The third kappa shape index (κ3) is 4.43. The minimum atomic E-state index is 0.524. The van der Waals surface area contributed by atoms with Crippen LogP contribution in [0.25, 0.3) is 11.0 Å². The summed E-state index contributed by atoms with van der Waals surface area (Å²) in [6.45, 7) is 0.524. The van der Waals surface area contributed by atoms with E-state index in [2.05, 4.69) is 20.6 Å². The summed E-state index contributed by atoms with van der Waals surface area (Å²) in [6.07, 6.45) is 0. The van der Waals surface area contributed by atoms with Crippen molar-refractivity contribution in [3.05, 3.63) is 84.7 Å². The van der Waals surface area contributed by atoms with Crippen LogP contribution in [0.4, 0.5) is 5.69 Å². The molecule has 0 spiro atoms. The number of H-pyrrole nitrogens is 1. The molecular formula is C21H18N4OS. The molecule has 1 aromatic heterocycles. The van der Waals surface area contributed by atoms with E-state index in [9.17, 15) is 0 Å². The quantitative estimate of drug-likeness (QED) is 0.436. The zero-order chi connectivity index (χ0) is 18.5. The number of nitrogens with zero attached hydrogens (tertiary/aromatic N) is 1. The van der Waals surface area contributed by atoms with E-state index < -0.39 is 0 Å². The molecule has 3 N–H and O–H groups in total. The molecule has 0 aliphatic carbocycles. The van der Waals surface area contributed by atoms with Gasteiger partial charge in [-0.15, -0.1) is 0 Å². The van der Waals surface area contributed by atoms with Crippen LogP contribution >= 0.6 is 12.2 Å². The molecule has 0 fully saturated rings. The third-order valence-corrected chi connectivity index (χ3v) is 4.19. The lowest BCUT2D eigenvalue weighted by Gasteiger charge is -2.10. The Morgan fingerprint density at radius 1 is 0.889 bits per heavy atom. The zero-order valence-corrected chi connectivity index (χ0v) is 15.3. The molecule has 0 saturated carbocycles. The van der Waals surface area contributed by atoms with E-state index in [0.29, 0.717) is 11.7 Å². The van der Waals surface area contributed by atoms with Crippen LogP contribution in [0.2, 0.25) is 0 Å². The lowest BCUT2D eigenvalue weighted by molar-refractivity contribution is 0.483. The number of aromatic amines is 1. The number of anilines is 1. The summed E-state index contributed by atoms with van der Waals surface area (Å²) >= 11 is 5.36. The zero-order valence-electron chi connectivity index (χ0n) is 14.5. The Bertz CT molecular complexity index is 1010. The lowest BCUT2D eigenvalue weighted by atomic mass is 10.3. The lowest BCUT2D eigenvalue weighted by Crippen LogP contribution is -2.28. The average molecular weight is 374 g/mol. The van der Waals surface area contributed by atoms with Crippen molar-refractivity contribution < 1.29 is 4.74 Å². The summed E-state index contributed by atoms with van der Waals surface area (Å²) in [5.74, 6) is 2.42. The van der Waals surface area contributed by atoms with Crippen LogP contribution in [0.1, 0.15) is 5.82 Å². The summed E-state index contributed by atoms with van der Waals surface area (Å²) in [5, 5.41) is 6.85. The predicted octanol–water partition coefficient (Wildman–Crippen LogP) is 4.84. The van der Waals surface area contributed by atoms with Crippen molar-refractivity contribution in [3.63, 3.8) is 0 Å². The number of ether oxygens (including phenoxy) is 1. The van der Waals surface area contributed by atoms with Crippen LogP contribution in [-0.4, -0.2) is 15.1 Å². The van der Waals surface area contributed by atoms with E-state index in [1.807, 2.05) is 78.9 Å². The number of hydrogen-bond acceptors (Lipinski definition) is 3. The summed E-state index contributed by atoms with van der Waals surface area (Å²) in [6, 6.07) is 25.3. The molecule has 4 aromatic rings. The maximum absolute atomic E-state index is 5.78. The molecular weight excluding hydrogens is 356 g/mol. The maximum Gasteiger partial charge on any atom is 0.171 e. The van der Waals surface area contributed by atoms with Crippen molar-refractivity contribution in [2.45, 2.75) is 6.54 Å². The minimum absolute atomic E-state index is 0.524. The predicted molar refractivity (Wildman–Crippen MR) is 112 cm³/mol. The topological polar surface area (TPSA) is 62.0 Å². The Morgan fingerprint density at radius 2 is 1.59 bits per heavy atom. The number of imidazole rings is 1. The van der Waals surface area contributed by atoms with Crippen molar-refractivity contribution in [2.75, 3.05) is 5.32 Å². The Balaban J connectivity index is 1.31. The molecule has 1 heterocycles. The van der Waals surface area contributed by atoms with E-state index in [-0.39, 0.29) is 0 Å². The van der Waals surface area contributed by atoms with E-state index in [4.69, 9.17) is 17.0 Å². The number of aromatic nitrogens is 2. The molecule has 0 aliphatic heterocycles. The van der Waals surface area contributed by atoms with Crippen molar-refractivity contribution >= 4 is 34.1 Å².